The summed E-state index contributed by atoms with van der Waals surface area (Å²) in [7, 11) is 0. The maximum Gasteiger partial charge on any atom is 0.343 e. The third-order valence-electron chi connectivity index (χ3n) is 7.99. The van der Waals surface area contributed by atoms with E-state index in [4.69, 9.17) is 9.47 Å². The van der Waals surface area contributed by atoms with E-state index in [1.165, 1.54) is 24.2 Å². The maximum atomic E-state index is 13.3. The summed E-state index contributed by atoms with van der Waals surface area (Å²) >= 11 is 0. The Labute approximate surface area is 276 Å². The summed E-state index contributed by atoms with van der Waals surface area (Å²) in [6.07, 6.45) is 9.36. The molecule has 10 nitrogen and oxygen atoms in total. The summed E-state index contributed by atoms with van der Waals surface area (Å²) < 4.78 is 11.3. The lowest BCUT2D eigenvalue weighted by Crippen LogP contribution is -2.37. The zero-order valence-electron chi connectivity index (χ0n) is 27.0. The second-order valence-electron chi connectivity index (χ2n) is 11.9. The molecule has 0 bridgehead atoms. The average molecular weight is 644 g/mol. The summed E-state index contributed by atoms with van der Waals surface area (Å²) in [5.41, 5.74) is 1.91. The van der Waals surface area contributed by atoms with Crippen molar-refractivity contribution in [1.29, 1.82) is 0 Å². The van der Waals surface area contributed by atoms with Gasteiger partial charge in [0.2, 0.25) is 5.91 Å². The summed E-state index contributed by atoms with van der Waals surface area (Å²) in [4.78, 5) is 51.2. The summed E-state index contributed by atoms with van der Waals surface area (Å²) in [6, 6.07) is 20.0. The van der Waals surface area contributed by atoms with Gasteiger partial charge in [-0.3, -0.25) is 14.4 Å². The van der Waals surface area contributed by atoms with Gasteiger partial charge in [0, 0.05) is 30.3 Å². The highest BCUT2D eigenvalue weighted by Crippen LogP contribution is 2.20. The third-order valence-corrected chi connectivity index (χ3v) is 7.99. The van der Waals surface area contributed by atoms with E-state index in [0.717, 1.165) is 38.6 Å². The smallest absolute Gasteiger partial charge is 0.343 e. The highest BCUT2D eigenvalue weighted by atomic mass is 16.5. The molecule has 3 aromatic carbocycles. The fourth-order valence-corrected chi connectivity index (χ4v) is 5.41. The number of unbranched alkanes of at least 4 members (excludes halogenated alkanes) is 4. The standard InChI is InChI=1S/C37H45N3O7/c1-2-3-4-5-8-23-46-32-20-14-29(15-21-32)37(45)47-33-18-10-27(11-19-33)25-40(26-35(42)43)36(44)28-12-16-30(17-13-28)39-34(41)24-31-9-6-7-22-38-31/h10-21,31,38H,2-9,22-26H2,1H3,(H,39,41)(H,42,43). The van der Waals surface area contributed by atoms with Gasteiger partial charge in [0.05, 0.1) is 12.2 Å². The molecule has 4 rings (SSSR count). The Morgan fingerprint density at radius 1 is 0.851 bits per heavy atom. The van der Waals surface area contributed by atoms with E-state index in [-0.39, 0.29) is 18.5 Å². The highest BCUT2D eigenvalue weighted by molar-refractivity contribution is 5.97. The first-order valence-corrected chi connectivity index (χ1v) is 16.5. The van der Waals surface area contributed by atoms with Gasteiger partial charge in [0.25, 0.3) is 5.91 Å². The molecule has 0 radical (unpaired) electrons. The number of nitrogens with zero attached hydrogens (tertiary/aromatic N) is 1. The molecule has 3 aromatic rings. The van der Waals surface area contributed by atoms with E-state index in [9.17, 15) is 24.3 Å². The fraction of sp³-hybridized carbons (Fsp3) is 0.405. The molecule has 3 N–H and O–H groups in total. The summed E-state index contributed by atoms with van der Waals surface area (Å²) in [5.74, 6) is -1.21. The Morgan fingerprint density at radius 2 is 1.53 bits per heavy atom. The minimum atomic E-state index is -1.15. The maximum absolute atomic E-state index is 13.3. The second kappa shape index (κ2) is 18.4. The van der Waals surface area contributed by atoms with Gasteiger partial charge in [-0.05, 0) is 92.0 Å². The van der Waals surface area contributed by atoms with Crippen LogP contribution in [0.5, 0.6) is 11.5 Å². The number of benzene rings is 3. The number of amides is 2. The number of nitrogens with one attached hydrogen (secondary N) is 2. The molecule has 0 spiro atoms. The minimum Gasteiger partial charge on any atom is -0.494 e. The van der Waals surface area contributed by atoms with Crippen molar-refractivity contribution in [3.05, 3.63) is 89.5 Å². The summed E-state index contributed by atoms with van der Waals surface area (Å²) in [6.45, 7) is 3.28. The highest BCUT2D eigenvalue weighted by Gasteiger charge is 2.20. The molecular formula is C37H45N3O7. The van der Waals surface area contributed by atoms with Crippen LogP contribution in [0, 0.1) is 0 Å². The van der Waals surface area contributed by atoms with Crippen molar-refractivity contribution in [1.82, 2.24) is 10.2 Å². The van der Waals surface area contributed by atoms with Crippen molar-refractivity contribution >= 4 is 29.4 Å². The number of ether oxygens (including phenoxy) is 2. The zero-order chi connectivity index (χ0) is 33.4. The molecule has 1 aliphatic rings. The first-order valence-electron chi connectivity index (χ1n) is 16.5. The number of piperidine rings is 1. The molecule has 1 unspecified atom stereocenters. The van der Waals surface area contributed by atoms with Crippen molar-refractivity contribution in [3.8, 4) is 11.5 Å². The number of hydrogen-bond donors (Lipinski definition) is 3. The lowest BCUT2D eigenvalue weighted by atomic mass is 10.0. The topological polar surface area (TPSA) is 134 Å². The lowest BCUT2D eigenvalue weighted by molar-refractivity contribution is -0.137. The van der Waals surface area contributed by atoms with Gasteiger partial charge in [-0.25, -0.2) is 4.79 Å². The van der Waals surface area contributed by atoms with Crippen LogP contribution < -0.4 is 20.1 Å². The van der Waals surface area contributed by atoms with E-state index in [0.29, 0.717) is 46.9 Å². The number of carbonyl (C=O) groups excluding carboxylic acids is 3. The van der Waals surface area contributed by atoms with Gasteiger partial charge in [-0.1, -0.05) is 51.2 Å². The molecule has 1 saturated heterocycles. The van der Waals surface area contributed by atoms with E-state index in [1.54, 1.807) is 72.8 Å². The molecule has 47 heavy (non-hydrogen) atoms. The van der Waals surface area contributed by atoms with Crippen molar-refractivity contribution in [2.24, 2.45) is 0 Å². The largest absolute Gasteiger partial charge is 0.494 e. The van der Waals surface area contributed by atoms with Crippen molar-refractivity contribution in [2.75, 3.05) is 25.0 Å². The molecule has 0 aliphatic carbocycles. The predicted octanol–water partition coefficient (Wildman–Crippen LogP) is 6.45. The van der Waals surface area contributed by atoms with Gasteiger partial charge in [0.1, 0.15) is 18.0 Å². The van der Waals surface area contributed by atoms with Crippen LogP contribution in [-0.2, 0) is 16.1 Å². The van der Waals surface area contributed by atoms with Gasteiger partial charge in [0.15, 0.2) is 0 Å². The van der Waals surface area contributed by atoms with Gasteiger partial charge >= 0.3 is 11.9 Å². The molecule has 1 atom stereocenters. The Bertz CT molecular complexity index is 1450. The molecule has 250 valence electrons. The van der Waals surface area contributed by atoms with Crippen molar-refractivity contribution in [3.63, 3.8) is 0 Å². The van der Waals surface area contributed by atoms with Crippen LogP contribution >= 0.6 is 0 Å². The van der Waals surface area contributed by atoms with Crippen LogP contribution in [0.4, 0.5) is 5.69 Å². The van der Waals surface area contributed by atoms with Crippen LogP contribution in [-0.4, -0.2) is 59.5 Å². The predicted molar refractivity (Wildman–Crippen MR) is 180 cm³/mol. The van der Waals surface area contributed by atoms with Crippen LogP contribution in [0.25, 0.3) is 0 Å². The number of carboxylic acid groups (broad SMARTS) is 1. The molecule has 1 fully saturated rings. The number of aliphatic carboxylic acids is 1. The first kappa shape index (κ1) is 35.2. The molecule has 10 heteroatoms. The van der Waals surface area contributed by atoms with Crippen LogP contribution in [0.15, 0.2) is 72.8 Å². The molecule has 0 aromatic heterocycles. The number of esters is 1. The second-order valence-corrected chi connectivity index (χ2v) is 11.9. The molecule has 1 heterocycles. The van der Waals surface area contributed by atoms with Crippen molar-refractivity contribution in [2.45, 2.75) is 77.3 Å². The molecule has 1 aliphatic heterocycles. The van der Waals surface area contributed by atoms with Crippen LogP contribution in [0.2, 0.25) is 0 Å². The van der Waals surface area contributed by atoms with E-state index in [1.807, 2.05) is 0 Å². The minimum absolute atomic E-state index is 0.0340. The van der Waals surface area contributed by atoms with E-state index in [2.05, 4.69) is 17.6 Å². The van der Waals surface area contributed by atoms with Gasteiger partial charge in [-0.15, -0.1) is 0 Å². The fourth-order valence-electron chi connectivity index (χ4n) is 5.41. The van der Waals surface area contributed by atoms with Gasteiger partial charge < -0.3 is 30.1 Å². The van der Waals surface area contributed by atoms with Gasteiger partial charge in [-0.2, -0.15) is 0 Å². The van der Waals surface area contributed by atoms with E-state index < -0.39 is 24.4 Å². The van der Waals surface area contributed by atoms with E-state index >= 15 is 0 Å². The Morgan fingerprint density at radius 3 is 2.19 bits per heavy atom. The third kappa shape index (κ3) is 11.9. The molecular weight excluding hydrogens is 598 g/mol. The van der Waals surface area contributed by atoms with Crippen molar-refractivity contribution < 1.29 is 33.8 Å². The Kier molecular flexibility index (Phi) is 13.8. The molecule has 0 saturated carbocycles. The van der Waals surface area contributed by atoms with Crippen LogP contribution in [0.3, 0.4) is 0 Å². The number of carboxylic acids is 1. The Balaban J connectivity index is 1.28. The lowest BCUT2D eigenvalue weighted by Gasteiger charge is -2.23. The number of hydrogen-bond acceptors (Lipinski definition) is 7. The zero-order valence-corrected chi connectivity index (χ0v) is 27.0. The average Bonchev–Trinajstić information content (AvgIpc) is 3.07. The monoisotopic (exact) mass is 643 g/mol. The SMILES string of the molecule is CCCCCCCOc1ccc(C(=O)Oc2ccc(CN(CC(=O)O)C(=O)c3ccc(NC(=O)CC4CCCCN4)cc3)cc2)cc1. The summed E-state index contributed by atoms with van der Waals surface area (Å²) in [5, 5.41) is 15.7. The number of rotatable bonds is 17. The number of carbonyl (C=O) groups is 4. The normalized spacial score (nSPS) is 14.2. The quantitative estimate of drug-likeness (QED) is 0.0868. The number of anilines is 1. The van der Waals surface area contributed by atoms with Crippen LogP contribution in [0.1, 0.15) is 91.0 Å². The first-order chi connectivity index (χ1) is 22.8. The Hall–Kier alpha value is -4.70. The molecule has 2 amide bonds.